The van der Waals surface area contributed by atoms with Crippen molar-refractivity contribution in [3.8, 4) is 11.5 Å². The van der Waals surface area contributed by atoms with Crippen LogP contribution in [-0.2, 0) is 19.1 Å². The lowest BCUT2D eigenvalue weighted by atomic mass is 9.95. The first-order valence-corrected chi connectivity index (χ1v) is 13.4. The van der Waals surface area contributed by atoms with E-state index >= 15 is 0 Å². The van der Waals surface area contributed by atoms with Crippen molar-refractivity contribution < 1.29 is 28.5 Å². The molecule has 0 saturated heterocycles. The minimum absolute atomic E-state index is 0.159. The van der Waals surface area contributed by atoms with Gasteiger partial charge >= 0.3 is 11.9 Å². The summed E-state index contributed by atoms with van der Waals surface area (Å²) in [5.41, 5.74) is 1.71. The van der Waals surface area contributed by atoms with Crippen molar-refractivity contribution in [2.24, 2.45) is 4.99 Å². The van der Waals surface area contributed by atoms with Crippen LogP contribution in [0.15, 0.2) is 63.5 Å². The van der Waals surface area contributed by atoms with Gasteiger partial charge in [-0.1, -0.05) is 41.1 Å². The number of ether oxygens (including phenoxy) is 4. The first-order chi connectivity index (χ1) is 18.8. The molecule has 0 aliphatic carbocycles. The second-order valence-electron chi connectivity index (χ2n) is 8.36. The highest BCUT2D eigenvalue weighted by atomic mass is 35.5. The molecule has 2 heterocycles. The topological polar surface area (TPSA) is 105 Å². The Morgan fingerprint density at radius 1 is 1.10 bits per heavy atom. The van der Waals surface area contributed by atoms with Gasteiger partial charge in [0.25, 0.3) is 5.56 Å². The summed E-state index contributed by atoms with van der Waals surface area (Å²) in [5.74, 6) is -0.455. The van der Waals surface area contributed by atoms with Crippen molar-refractivity contribution in [1.82, 2.24) is 4.57 Å². The maximum atomic E-state index is 13.8. The molecule has 9 nitrogen and oxygen atoms in total. The molecule has 0 radical (unpaired) electrons. The van der Waals surface area contributed by atoms with Crippen molar-refractivity contribution in [2.45, 2.75) is 26.8 Å². The third-order valence-corrected chi connectivity index (χ3v) is 7.04. The lowest BCUT2D eigenvalue weighted by Gasteiger charge is -2.25. The number of esters is 2. The largest absolute Gasteiger partial charge is 0.490 e. The van der Waals surface area contributed by atoms with E-state index in [0.717, 1.165) is 5.56 Å². The highest BCUT2D eigenvalue weighted by molar-refractivity contribution is 7.07. The average Bonchev–Trinajstić information content (AvgIpc) is 3.21. The summed E-state index contributed by atoms with van der Waals surface area (Å²) in [6, 6.07) is 11.4. The number of aromatic nitrogens is 1. The lowest BCUT2D eigenvalue weighted by molar-refractivity contribution is -0.143. The normalized spacial score (nSPS) is 14.9. The summed E-state index contributed by atoms with van der Waals surface area (Å²) in [4.78, 5) is 43.6. The van der Waals surface area contributed by atoms with Crippen molar-refractivity contribution in [2.75, 3.05) is 26.9 Å². The molecule has 0 amide bonds. The number of halogens is 1. The molecular weight excluding hydrogens is 544 g/mol. The number of thiazole rings is 1. The second-order valence-corrected chi connectivity index (χ2v) is 9.81. The van der Waals surface area contributed by atoms with Gasteiger partial charge in [-0.3, -0.25) is 9.36 Å². The number of rotatable bonds is 9. The Hall–Kier alpha value is -3.89. The van der Waals surface area contributed by atoms with E-state index in [4.69, 9.17) is 25.8 Å². The fourth-order valence-corrected chi connectivity index (χ4v) is 5.38. The SMILES string of the molecule is CCOC(=O)C1=C(C)N=c2s/c(=C\c3cccc(Cl)c3)c(=O)n2[C@@H]1c1ccc(OCC(=O)OC)c(OCC)c1. The van der Waals surface area contributed by atoms with Crippen molar-refractivity contribution >= 4 is 41.0 Å². The number of benzene rings is 2. The molecule has 2 aromatic carbocycles. The summed E-state index contributed by atoms with van der Waals surface area (Å²) < 4.78 is 23.3. The van der Waals surface area contributed by atoms with Gasteiger partial charge in [0.15, 0.2) is 22.9 Å². The van der Waals surface area contributed by atoms with Crippen molar-refractivity contribution in [1.29, 1.82) is 0 Å². The van der Waals surface area contributed by atoms with Crippen LogP contribution in [0.2, 0.25) is 5.02 Å². The molecule has 11 heteroatoms. The van der Waals surface area contributed by atoms with Crippen molar-refractivity contribution in [3.63, 3.8) is 0 Å². The van der Waals surface area contributed by atoms with Gasteiger partial charge in [0, 0.05) is 5.02 Å². The molecule has 1 aliphatic rings. The Morgan fingerprint density at radius 3 is 2.59 bits per heavy atom. The van der Waals surface area contributed by atoms with Gasteiger partial charge in [0.05, 0.1) is 42.2 Å². The van der Waals surface area contributed by atoms with Crippen LogP contribution in [-0.4, -0.2) is 43.4 Å². The predicted molar refractivity (Wildman–Crippen MR) is 147 cm³/mol. The molecule has 1 aliphatic heterocycles. The number of carbonyl (C=O) groups is 2. The van der Waals surface area contributed by atoms with Crippen LogP contribution in [0.4, 0.5) is 0 Å². The summed E-state index contributed by atoms with van der Waals surface area (Å²) in [6.45, 7) is 5.41. The van der Waals surface area contributed by atoms with Crippen LogP contribution in [0.5, 0.6) is 11.5 Å². The molecule has 0 bridgehead atoms. The molecule has 0 spiro atoms. The third-order valence-electron chi connectivity index (χ3n) is 5.82. The molecule has 3 aromatic rings. The van der Waals surface area contributed by atoms with E-state index in [9.17, 15) is 14.4 Å². The van der Waals surface area contributed by atoms with E-state index in [0.29, 0.717) is 43.7 Å². The van der Waals surface area contributed by atoms with Crippen molar-refractivity contribution in [3.05, 3.63) is 89.6 Å². The first-order valence-electron chi connectivity index (χ1n) is 12.2. The zero-order chi connectivity index (χ0) is 28.1. The molecule has 4 rings (SSSR count). The van der Waals surface area contributed by atoms with Gasteiger partial charge in [0.2, 0.25) is 0 Å². The quantitative estimate of drug-likeness (QED) is 0.363. The first kappa shape index (κ1) is 28.1. The van der Waals surface area contributed by atoms with Gasteiger partial charge in [-0.25, -0.2) is 14.6 Å². The summed E-state index contributed by atoms with van der Waals surface area (Å²) in [7, 11) is 1.27. The van der Waals surface area contributed by atoms with Gasteiger partial charge < -0.3 is 18.9 Å². The van der Waals surface area contributed by atoms with Crippen LogP contribution in [0.1, 0.15) is 37.9 Å². The maximum Gasteiger partial charge on any atom is 0.343 e. The van der Waals surface area contributed by atoms with Crippen LogP contribution < -0.4 is 24.4 Å². The summed E-state index contributed by atoms with van der Waals surface area (Å²) in [6.07, 6.45) is 1.74. The van der Waals surface area contributed by atoms with E-state index < -0.39 is 18.0 Å². The molecule has 1 aromatic heterocycles. The number of hydrogen-bond donors (Lipinski definition) is 0. The zero-order valence-corrected chi connectivity index (χ0v) is 23.4. The zero-order valence-electron chi connectivity index (χ0n) is 21.9. The number of hydrogen-bond acceptors (Lipinski definition) is 9. The monoisotopic (exact) mass is 570 g/mol. The number of methoxy groups -OCH3 is 1. The van der Waals surface area contributed by atoms with Gasteiger partial charge in [0.1, 0.15) is 0 Å². The molecule has 204 valence electrons. The standard InChI is InChI=1S/C28H27ClN2O7S/c1-5-36-21-14-18(10-11-20(21)38-15-23(32)35-4)25-24(27(34)37-6-2)16(3)30-28-31(25)26(33)22(39-28)13-17-8-7-9-19(29)12-17/h7-14,25H,5-6,15H2,1-4H3/b22-13-/t25-/m1/s1. The molecule has 0 saturated carbocycles. The molecule has 0 N–H and O–H groups in total. The Bertz CT molecular complexity index is 1620. The van der Waals surface area contributed by atoms with Gasteiger partial charge in [-0.2, -0.15) is 0 Å². The maximum absolute atomic E-state index is 13.8. The molecule has 0 fully saturated rings. The Labute approximate surface area is 233 Å². The van der Waals surface area contributed by atoms with Crippen LogP contribution in [0.25, 0.3) is 6.08 Å². The van der Waals surface area contributed by atoms with Gasteiger partial charge in [-0.05, 0) is 62.2 Å². The van der Waals surface area contributed by atoms with E-state index in [1.807, 2.05) is 13.0 Å². The smallest absolute Gasteiger partial charge is 0.343 e. The van der Waals surface area contributed by atoms with Crippen LogP contribution >= 0.6 is 22.9 Å². The number of allylic oxidation sites excluding steroid dienone is 1. The molecule has 0 unspecified atom stereocenters. The minimum Gasteiger partial charge on any atom is -0.490 e. The third kappa shape index (κ3) is 6.07. The lowest BCUT2D eigenvalue weighted by Crippen LogP contribution is -2.40. The van der Waals surface area contributed by atoms with E-state index in [2.05, 4.69) is 9.73 Å². The molecular formula is C28H27ClN2O7S. The Morgan fingerprint density at radius 2 is 1.90 bits per heavy atom. The number of fused-ring (bicyclic) bond motifs is 1. The van der Waals surface area contributed by atoms with E-state index in [1.54, 1.807) is 56.3 Å². The summed E-state index contributed by atoms with van der Waals surface area (Å²) in [5, 5.41) is 0.549. The number of nitrogens with zero attached hydrogens (tertiary/aromatic N) is 2. The fourth-order valence-electron chi connectivity index (χ4n) is 4.13. The number of carbonyl (C=O) groups excluding carboxylic acids is 2. The van der Waals surface area contributed by atoms with Crippen LogP contribution in [0.3, 0.4) is 0 Å². The van der Waals surface area contributed by atoms with E-state index in [-0.39, 0.29) is 24.3 Å². The fraction of sp³-hybridized carbons (Fsp3) is 0.286. The minimum atomic E-state index is -0.837. The Balaban J connectivity index is 1.90. The predicted octanol–water partition coefficient (Wildman–Crippen LogP) is 3.40. The van der Waals surface area contributed by atoms with E-state index in [1.165, 1.54) is 23.0 Å². The second kappa shape index (κ2) is 12.3. The molecule has 1 atom stereocenters. The summed E-state index contributed by atoms with van der Waals surface area (Å²) >= 11 is 7.35. The Kier molecular flexibility index (Phi) is 8.88. The average molecular weight is 571 g/mol. The molecule has 39 heavy (non-hydrogen) atoms. The highest BCUT2D eigenvalue weighted by Crippen LogP contribution is 2.36. The highest BCUT2D eigenvalue weighted by Gasteiger charge is 2.34. The van der Waals surface area contributed by atoms with Crippen LogP contribution in [0, 0.1) is 0 Å². The van der Waals surface area contributed by atoms with Gasteiger partial charge in [-0.15, -0.1) is 0 Å².